The number of nitro groups is 2. The van der Waals surface area contributed by atoms with Gasteiger partial charge in [0.2, 0.25) is 0 Å². The zero-order chi connectivity index (χ0) is 20.8. The third kappa shape index (κ3) is 5.07. The van der Waals surface area contributed by atoms with Gasteiger partial charge in [-0.3, -0.25) is 25.2 Å². The molecule has 0 aliphatic heterocycles. The van der Waals surface area contributed by atoms with Crippen molar-refractivity contribution in [3.05, 3.63) is 104 Å². The summed E-state index contributed by atoms with van der Waals surface area (Å²) in [6.45, 7) is 0. The van der Waals surface area contributed by atoms with Gasteiger partial charge < -0.3 is 4.74 Å². The van der Waals surface area contributed by atoms with E-state index in [0.717, 1.165) is 0 Å². The van der Waals surface area contributed by atoms with Crippen LogP contribution in [0.5, 0.6) is 5.75 Å². The Morgan fingerprint density at radius 2 is 1.31 bits per heavy atom. The summed E-state index contributed by atoms with van der Waals surface area (Å²) in [5.41, 5.74) is 1.46. The molecule has 0 N–H and O–H groups in total. The van der Waals surface area contributed by atoms with E-state index in [1.165, 1.54) is 48.5 Å². The van der Waals surface area contributed by atoms with Crippen LogP contribution in [0, 0.1) is 20.2 Å². The molecule has 0 amide bonds. The lowest BCUT2D eigenvalue weighted by Crippen LogP contribution is -2.08. The molecule has 0 saturated heterocycles. The van der Waals surface area contributed by atoms with Crippen molar-refractivity contribution < 1.29 is 19.4 Å². The van der Waals surface area contributed by atoms with Crippen LogP contribution in [0.15, 0.2) is 77.8 Å². The van der Waals surface area contributed by atoms with Crippen LogP contribution in [-0.2, 0) is 0 Å². The van der Waals surface area contributed by atoms with Crippen molar-refractivity contribution >= 4 is 29.2 Å². The first-order valence-electron chi connectivity index (χ1n) is 8.27. The van der Waals surface area contributed by atoms with Crippen molar-refractivity contribution in [3.8, 4) is 5.75 Å². The van der Waals surface area contributed by atoms with E-state index in [1.54, 1.807) is 30.5 Å². The lowest BCUT2D eigenvalue weighted by Gasteiger charge is -2.04. The summed E-state index contributed by atoms with van der Waals surface area (Å²) in [5, 5.41) is 21.3. The second kappa shape index (κ2) is 8.53. The predicted octanol–water partition coefficient (Wildman–Crippen LogP) is 4.47. The zero-order valence-electron chi connectivity index (χ0n) is 14.8. The molecule has 0 heterocycles. The van der Waals surface area contributed by atoms with Crippen LogP contribution in [0.3, 0.4) is 0 Å². The first-order chi connectivity index (χ1) is 13.9. The largest absolute Gasteiger partial charge is 0.423 e. The fourth-order valence-electron chi connectivity index (χ4n) is 2.32. The quantitative estimate of drug-likeness (QED) is 0.201. The minimum absolute atomic E-state index is 0.00182. The molecule has 9 heteroatoms. The number of benzene rings is 3. The topological polar surface area (TPSA) is 125 Å². The molecule has 0 bridgehead atoms. The molecule has 144 valence electrons. The zero-order valence-corrected chi connectivity index (χ0v) is 14.8. The number of hydrogen-bond donors (Lipinski definition) is 0. The van der Waals surface area contributed by atoms with Gasteiger partial charge in [0, 0.05) is 30.5 Å². The summed E-state index contributed by atoms with van der Waals surface area (Å²) >= 11 is 0. The number of nitro benzene ring substituents is 2. The first kappa shape index (κ1) is 19.4. The van der Waals surface area contributed by atoms with Crippen molar-refractivity contribution in [1.29, 1.82) is 0 Å². The van der Waals surface area contributed by atoms with E-state index in [-0.39, 0.29) is 22.7 Å². The molecule has 0 spiro atoms. The molecule has 3 aromatic rings. The summed E-state index contributed by atoms with van der Waals surface area (Å²) in [5.74, 6) is -0.411. The average Bonchev–Trinajstić information content (AvgIpc) is 2.73. The third-order valence-electron chi connectivity index (χ3n) is 3.83. The minimum Gasteiger partial charge on any atom is -0.423 e. The molecule has 0 radical (unpaired) electrons. The van der Waals surface area contributed by atoms with Crippen molar-refractivity contribution in [3.63, 3.8) is 0 Å². The average molecular weight is 391 g/mol. The van der Waals surface area contributed by atoms with Gasteiger partial charge in [-0.2, -0.15) is 0 Å². The molecule has 3 rings (SSSR count). The Morgan fingerprint density at radius 3 is 1.83 bits per heavy atom. The molecule has 0 fully saturated rings. The van der Waals surface area contributed by atoms with Gasteiger partial charge in [0.25, 0.3) is 11.4 Å². The lowest BCUT2D eigenvalue weighted by atomic mass is 10.2. The standard InChI is InChI=1S/C20H13N3O6/c24-20(29-19-11-9-18(10-12-19)23(27)28)15-3-5-16(6-4-15)21-13-14-1-7-17(8-2-14)22(25)26/h1-13H. The molecular weight excluding hydrogens is 378 g/mol. The molecule has 0 aliphatic carbocycles. The molecular formula is C20H13N3O6. The van der Waals surface area contributed by atoms with Gasteiger partial charge in [-0.05, 0) is 54.1 Å². The molecule has 0 aromatic heterocycles. The maximum atomic E-state index is 12.2. The van der Waals surface area contributed by atoms with Crippen LogP contribution in [0.2, 0.25) is 0 Å². The van der Waals surface area contributed by atoms with Crippen LogP contribution < -0.4 is 4.74 Å². The summed E-state index contributed by atoms with van der Waals surface area (Å²) in [6, 6.07) is 17.4. The molecule has 29 heavy (non-hydrogen) atoms. The Bertz CT molecular complexity index is 1070. The number of nitrogens with zero attached hydrogens (tertiary/aromatic N) is 3. The Morgan fingerprint density at radius 1 is 0.793 bits per heavy atom. The van der Waals surface area contributed by atoms with E-state index < -0.39 is 15.8 Å². The van der Waals surface area contributed by atoms with Crippen molar-refractivity contribution in [1.82, 2.24) is 0 Å². The molecule has 3 aromatic carbocycles. The second-order valence-electron chi connectivity index (χ2n) is 5.79. The molecule has 0 aliphatic rings. The van der Waals surface area contributed by atoms with Crippen LogP contribution in [0.4, 0.5) is 17.1 Å². The van der Waals surface area contributed by atoms with Crippen molar-refractivity contribution in [2.24, 2.45) is 4.99 Å². The van der Waals surface area contributed by atoms with E-state index in [0.29, 0.717) is 11.3 Å². The van der Waals surface area contributed by atoms with Gasteiger partial charge in [-0.25, -0.2) is 4.79 Å². The normalized spacial score (nSPS) is 10.6. The number of rotatable bonds is 6. The number of carbonyl (C=O) groups excluding carboxylic acids is 1. The van der Waals surface area contributed by atoms with Crippen molar-refractivity contribution in [2.75, 3.05) is 0 Å². The van der Waals surface area contributed by atoms with E-state index in [9.17, 15) is 25.0 Å². The molecule has 0 saturated carbocycles. The number of aliphatic imine (C=N–C) groups is 1. The summed E-state index contributed by atoms with van der Waals surface area (Å²) < 4.78 is 5.18. The maximum Gasteiger partial charge on any atom is 0.343 e. The number of non-ortho nitro benzene ring substituents is 2. The lowest BCUT2D eigenvalue weighted by molar-refractivity contribution is -0.385. The second-order valence-corrected chi connectivity index (χ2v) is 5.79. The maximum absolute atomic E-state index is 12.2. The molecule has 9 nitrogen and oxygen atoms in total. The van der Waals surface area contributed by atoms with Gasteiger partial charge in [0.05, 0.1) is 21.1 Å². The summed E-state index contributed by atoms with van der Waals surface area (Å²) in [7, 11) is 0. The minimum atomic E-state index is -0.607. The van der Waals surface area contributed by atoms with E-state index in [2.05, 4.69) is 4.99 Å². The Balaban J connectivity index is 1.63. The first-order valence-corrected chi connectivity index (χ1v) is 8.27. The number of ether oxygens (including phenoxy) is 1. The number of esters is 1. The van der Waals surface area contributed by atoms with Crippen LogP contribution in [0.25, 0.3) is 0 Å². The molecule has 0 unspecified atom stereocenters. The molecule has 0 atom stereocenters. The summed E-state index contributed by atoms with van der Waals surface area (Å²) in [4.78, 5) is 36.7. The number of hydrogen-bond acceptors (Lipinski definition) is 7. The fraction of sp³-hybridized carbons (Fsp3) is 0. The highest BCUT2D eigenvalue weighted by Gasteiger charge is 2.10. The van der Waals surface area contributed by atoms with Gasteiger partial charge in [-0.15, -0.1) is 0 Å². The van der Waals surface area contributed by atoms with Crippen LogP contribution in [0.1, 0.15) is 15.9 Å². The Labute approximate surface area is 164 Å². The van der Waals surface area contributed by atoms with Gasteiger partial charge in [-0.1, -0.05) is 0 Å². The van der Waals surface area contributed by atoms with Crippen LogP contribution >= 0.6 is 0 Å². The Kier molecular flexibility index (Phi) is 5.69. The van der Waals surface area contributed by atoms with Crippen molar-refractivity contribution in [2.45, 2.75) is 0 Å². The third-order valence-corrected chi connectivity index (χ3v) is 3.83. The van der Waals surface area contributed by atoms with Gasteiger partial charge in [0.15, 0.2) is 0 Å². The fourth-order valence-corrected chi connectivity index (χ4v) is 2.32. The van der Waals surface area contributed by atoms with Crippen LogP contribution in [-0.4, -0.2) is 22.0 Å². The highest BCUT2D eigenvalue weighted by atomic mass is 16.6. The van der Waals surface area contributed by atoms with Gasteiger partial charge >= 0.3 is 5.97 Å². The van der Waals surface area contributed by atoms with E-state index in [1.807, 2.05) is 0 Å². The SMILES string of the molecule is O=C(Oc1ccc([N+](=O)[O-])cc1)c1ccc(N=Cc2ccc([N+](=O)[O-])cc2)cc1. The predicted molar refractivity (Wildman–Crippen MR) is 105 cm³/mol. The van der Waals surface area contributed by atoms with E-state index in [4.69, 9.17) is 4.74 Å². The smallest absolute Gasteiger partial charge is 0.343 e. The summed E-state index contributed by atoms with van der Waals surface area (Å²) in [6.07, 6.45) is 1.55. The number of carbonyl (C=O) groups is 1. The Hall–Kier alpha value is -4.40. The van der Waals surface area contributed by atoms with E-state index >= 15 is 0 Å². The highest BCUT2D eigenvalue weighted by Crippen LogP contribution is 2.20. The monoisotopic (exact) mass is 391 g/mol. The van der Waals surface area contributed by atoms with Gasteiger partial charge in [0.1, 0.15) is 5.75 Å². The highest BCUT2D eigenvalue weighted by molar-refractivity contribution is 5.91.